The van der Waals surface area contributed by atoms with E-state index in [0.29, 0.717) is 0 Å². The number of allylic oxidation sites excluding steroid dienone is 1. The van der Waals surface area contributed by atoms with E-state index in [1.165, 1.54) is 25.1 Å². The molecule has 0 spiro atoms. The van der Waals surface area contributed by atoms with Crippen LogP contribution in [0.25, 0.3) is 0 Å². The van der Waals surface area contributed by atoms with Gasteiger partial charge in [0.2, 0.25) is 0 Å². The van der Waals surface area contributed by atoms with E-state index in [2.05, 4.69) is 30.3 Å². The van der Waals surface area contributed by atoms with E-state index in [0.717, 1.165) is 6.67 Å². The van der Waals surface area contributed by atoms with Crippen molar-refractivity contribution in [1.29, 1.82) is 0 Å². The smallest absolute Gasteiger partial charge is 0.0869 e. The summed E-state index contributed by atoms with van der Waals surface area (Å²) in [5.74, 6) is 0. The van der Waals surface area contributed by atoms with Gasteiger partial charge in [0.1, 0.15) is 0 Å². The van der Waals surface area contributed by atoms with E-state index in [1.807, 2.05) is 0 Å². The molecule has 1 aliphatic rings. The van der Waals surface area contributed by atoms with Crippen molar-refractivity contribution in [3.8, 4) is 0 Å². The van der Waals surface area contributed by atoms with Gasteiger partial charge in [-0.1, -0.05) is 13.3 Å². The first-order chi connectivity index (χ1) is 4.83. The minimum absolute atomic E-state index is 1.01. The molecule has 0 unspecified atom stereocenters. The third kappa shape index (κ3) is 1.94. The Morgan fingerprint density at radius 3 is 3.00 bits per heavy atom. The Morgan fingerprint density at radius 1 is 1.70 bits per heavy atom. The van der Waals surface area contributed by atoms with Gasteiger partial charge < -0.3 is 10.2 Å². The SMILES string of the molecule is CCCCN1C=C(C)NC1. The van der Waals surface area contributed by atoms with Gasteiger partial charge in [0, 0.05) is 18.4 Å². The number of nitrogens with zero attached hydrogens (tertiary/aromatic N) is 1. The van der Waals surface area contributed by atoms with Gasteiger partial charge in [0.15, 0.2) is 0 Å². The summed E-state index contributed by atoms with van der Waals surface area (Å²) in [5, 5.41) is 3.27. The molecular weight excluding hydrogens is 124 g/mol. The molecule has 0 bridgehead atoms. The van der Waals surface area contributed by atoms with Crippen LogP contribution in [0.1, 0.15) is 26.7 Å². The van der Waals surface area contributed by atoms with E-state index in [1.54, 1.807) is 0 Å². The van der Waals surface area contributed by atoms with Gasteiger partial charge in [-0.15, -0.1) is 0 Å². The Kier molecular flexibility index (Phi) is 2.60. The molecule has 1 aliphatic heterocycles. The summed E-state index contributed by atoms with van der Waals surface area (Å²) in [4.78, 5) is 2.32. The highest BCUT2D eigenvalue weighted by atomic mass is 15.3. The van der Waals surface area contributed by atoms with Crippen molar-refractivity contribution >= 4 is 0 Å². The van der Waals surface area contributed by atoms with E-state index >= 15 is 0 Å². The number of hydrogen-bond acceptors (Lipinski definition) is 2. The fourth-order valence-electron chi connectivity index (χ4n) is 1.10. The molecule has 1 heterocycles. The molecule has 0 aliphatic carbocycles. The zero-order chi connectivity index (χ0) is 7.40. The van der Waals surface area contributed by atoms with Crippen LogP contribution < -0.4 is 5.32 Å². The average Bonchev–Trinajstić information content (AvgIpc) is 2.31. The van der Waals surface area contributed by atoms with Gasteiger partial charge in [0.05, 0.1) is 6.67 Å². The third-order valence-electron chi connectivity index (χ3n) is 1.74. The highest BCUT2D eigenvalue weighted by molar-refractivity contribution is 5.00. The van der Waals surface area contributed by atoms with E-state index in [-0.39, 0.29) is 0 Å². The van der Waals surface area contributed by atoms with Crippen molar-refractivity contribution in [2.24, 2.45) is 0 Å². The topological polar surface area (TPSA) is 15.3 Å². The molecule has 10 heavy (non-hydrogen) atoms. The van der Waals surface area contributed by atoms with E-state index in [4.69, 9.17) is 0 Å². The second-order valence-electron chi connectivity index (χ2n) is 2.81. The minimum Gasteiger partial charge on any atom is -0.370 e. The van der Waals surface area contributed by atoms with Gasteiger partial charge in [0.25, 0.3) is 0 Å². The summed E-state index contributed by atoms with van der Waals surface area (Å²) in [6.07, 6.45) is 4.77. The Labute approximate surface area is 62.9 Å². The fourth-order valence-corrected chi connectivity index (χ4v) is 1.10. The number of nitrogens with one attached hydrogen (secondary N) is 1. The standard InChI is InChI=1S/C8H16N2/c1-3-4-5-10-6-8(2)9-7-10/h6,9H,3-5,7H2,1-2H3. The molecule has 58 valence electrons. The van der Waals surface area contributed by atoms with Crippen molar-refractivity contribution in [2.75, 3.05) is 13.2 Å². The molecule has 0 amide bonds. The van der Waals surface area contributed by atoms with Crippen molar-refractivity contribution < 1.29 is 0 Å². The summed E-state index contributed by atoms with van der Waals surface area (Å²) in [6, 6.07) is 0. The first kappa shape index (κ1) is 7.45. The third-order valence-corrected chi connectivity index (χ3v) is 1.74. The van der Waals surface area contributed by atoms with E-state index in [9.17, 15) is 0 Å². The normalized spacial score (nSPS) is 17.0. The molecule has 2 nitrogen and oxygen atoms in total. The molecule has 0 aromatic heterocycles. The average molecular weight is 140 g/mol. The first-order valence-corrected chi connectivity index (χ1v) is 3.99. The lowest BCUT2D eigenvalue weighted by Gasteiger charge is -2.12. The summed E-state index contributed by atoms with van der Waals surface area (Å²) < 4.78 is 0. The zero-order valence-corrected chi connectivity index (χ0v) is 6.85. The number of rotatable bonds is 3. The molecule has 0 saturated heterocycles. The van der Waals surface area contributed by atoms with Crippen LogP contribution in [0.15, 0.2) is 11.9 Å². The second kappa shape index (κ2) is 3.49. The maximum atomic E-state index is 3.27. The Morgan fingerprint density at radius 2 is 2.50 bits per heavy atom. The lowest BCUT2D eigenvalue weighted by molar-refractivity contribution is 0.382. The monoisotopic (exact) mass is 140 g/mol. The molecule has 1 N–H and O–H groups in total. The van der Waals surface area contributed by atoms with E-state index < -0.39 is 0 Å². The molecular formula is C8H16N2. The van der Waals surface area contributed by atoms with Crippen molar-refractivity contribution in [3.63, 3.8) is 0 Å². The second-order valence-corrected chi connectivity index (χ2v) is 2.81. The lowest BCUT2D eigenvalue weighted by atomic mass is 10.3. The maximum absolute atomic E-state index is 3.27. The molecule has 0 saturated carbocycles. The summed E-state index contributed by atoms with van der Waals surface area (Å²) >= 11 is 0. The molecule has 0 atom stereocenters. The summed E-state index contributed by atoms with van der Waals surface area (Å²) in [5.41, 5.74) is 1.29. The van der Waals surface area contributed by atoms with Gasteiger partial charge in [-0.25, -0.2) is 0 Å². The number of unbranched alkanes of at least 4 members (excludes halogenated alkanes) is 1. The fraction of sp³-hybridized carbons (Fsp3) is 0.750. The first-order valence-electron chi connectivity index (χ1n) is 3.99. The van der Waals surface area contributed by atoms with Crippen LogP contribution in [-0.2, 0) is 0 Å². The van der Waals surface area contributed by atoms with Crippen molar-refractivity contribution in [2.45, 2.75) is 26.7 Å². The minimum atomic E-state index is 1.01. The molecule has 2 heteroatoms. The largest absolute Gasteiger partial charge is 0.370 e. The molecule has 1 rings (SSSR count). The molecule has 0 fully saturated rings. The highest BCUT2D eigenvalue weighted by Gasteiger charge is 2.05. The van der Waals surface area contributed by atoms with Gasteiger partial charge in [-0.05, 0) is 13.3 Å². The predicted molar refractivity (Wildman–Crippen MR) is 43.4 cm³/mol. The zero-order valence-electron chi connectivity index (χ0n) is 6.85. The molecule has 0 aromatic carbocycles. The Hall–Kier alpha value is -0.660. The van der Waals surface area contributed by atoms with Gasteiger partial charge in [-0.2, -0.15) is 0 Å². The van der Waals surface area contributed by atoms with Crippen LogP contribution in [0.5, 0.6) is 0 Å². The van der Waals surface area contributed by atoms with Gasteiger partial charge in [-0.3, -0.25) is 0 Å². The maximum Gasteiger partial charge on any atom is 0.0869 e. The molecule has 0 aromatic rings. The summed E-state index contributed by atoms with van der Waals surface area (Å²) in [6.45, 7) is 6.53. The Balaban J connectivity index is 2.18. The van der Waals surface area contributed by atoms with Crippen LogP contribution in [0.2, 0.25) is 0 Å². The Bertz CT molecular complexity index is 129. The van der Waals surface area contributed by atoms with Crippen LogP contribution >= 0.6 is 0 Å². The van der Waals surface area contributed by atoms with Crippen LogP contribution in [0.3, 0.4) is 0 Å². The van der Waals surface area contributed by atoms with Gasteiger partial charge >= 0.3 is 0 Å². The highest BCUT2D eigenvalue weighted by Crippen LogP contribution is 2.03. The number of hydrogen-bond donors (Lipinski definition) is 1. The lowest BCUT2D eigenvalue weighted by Crippen LogP contribution is -2.21. The summed E-state index contributed by atoms with van der Waals surface area (Å²) in [7, 11) is 0. The quantitative estimate of drug-likeness (QED) is 0.639. The van der Waals surface area contributed by atoms with Crippen LogP contribution in [-0.4, -0.2) is 18.1 Å². The van der Waals surface area contributed by atoms with Crippen LogP contribution in [0.4, 0.5) is 0 Å². The van der Waals surface area contributed by atoms with Crippen molar-refractivity contribution in [3.05, 3.63) is 11.9 Å². The molecule has 0 radical (unpaired) electrons. The predicted octanol–water partition coefficient (Wildman–Crippen LogP) is 1.51. The van der Waals surface area contributed by atoms with Crippen molar-refractivity contribution in [1.82, 2.24) is 10.2 Å². The van der Waals surface area contributed by atoms with Crippen LogP contribution in [0, 0.1) is 0 Å².